The highest BCUT2D eigenvalue weighted by Crippen LogP contribution is 2.38. The first-order chi connectivity index (χ1) is 15.7. The summed E-state index contributed by atoms with van der Waals surface area (Å²) >= 11 is -2.06. The Kier molecular flexibility index (Phi) is 8.95. The molecule has 194 valence electrons. The van der Waals surface area contributed by atoms with Gasteiger partial charge in [0, 0.05) is 0 Å². The van der Waals surface area contributed by atoms with Crippen molar-refractivity contribution in [3.05, 3.63) is 58.7 Å². The summed E-state index contributed by atoms with van der Waals surface area (Å²) in [6.07, 6.45) is 0. The lowest BCUT2D eigenvalue weighted by Crippen LogP contribution is -2.33. The van der Waals surface area contributed by atoms with E-state index in [9.17, 15) is 0 Å². The van der Waals surface area contributed by atoms with Gasteiger partial charge in [-0.05, 0) is 61.3 Å². The number of hydrogen-bond acceptors (Lipinski definition) is 2. The van der Waals surface area contributed by atoms with Gasteiger partial charge in [-0.15, -0.1) is 0 Å². The van der Waals surface area contributed by atoms with Gasteiger partial charge in [-0.3, -0.25) is 0 Å². The van der Waals surface area contributed by atoms with Gasteiger partial charge in [0.05, 0.1) is 11.5 Å². The van der Waals surface area contributed by atoms with E-state index < -0.39 is 14.8 Å². The van der Waals surface area contributed by atoms with Crippen LogP contribution in [0.5, 0.6) is 11.5 Å². The second-order valence-corrected chi connectivity index (χ2v) is 16.5. The van der Waals surface area contributed by atoms with Crippen LogP contribution in [-0.2, 0) is 21.7 Å². The Balaban J connectivity index is 2.52. The molecule has 0 aromatic heterocycles. The highest BCUT2D eigenvalue weighted by atomic mass is 27.2. The van der Waals surface area contributed by atoms with E-state index >= 15 is 0 Å². The van der Waals surface area contributed by atoms with Crippen LogP contribution in [0.4, 0.5) is 0 Å². The van der Waals surface area contributed by atoms with Crippen molar-refractivity contribution in [3.8, 4) is 11.5 Å². The molecule has 35 heavy (non-hydrogen) atoms. The van der Waals surface area contributed by atoms with Crippen LogP contribution < -0.4 is 7.58 Å². The third kappa shape index (κ3) is 8.30. The monoisotopic (exact) mass is 494 g/mol. The van der Waals surface area contributed by atoms with Crippen LogP contribution in [0.15, 0.2) is 36.4 Å². The summed E-state index contributed by atoms with van der Waals surface area (Å²) in [5, 5.41) is 0.954. The van der Waals surface area contributed by atoms with E-state index in [2.05, 4.69) is 133 Å². The van der Waals surface area contributed by atoms with Crippen LogP contribution in [0.25, 0.3) is 0 Å². The van der Waals surface area contributed by atoms with E-state index in [0.717, 1.165) is 16.8 Å². The zero-order chi connectivity index (χ0) is 27.0. The minimum Gasteiger partial charge on any atom is -0.612 e. The molecule has 0 atom stereocenters. The summed E-state index contributed by atoms with van der Waals surface area (Å²) in [4.78, 5) is 0. The average molecular weight is 495 g/mol. The molecular weight excluding hydrogens is 443 g/mol. The van der Waals surface area contributed by atoms with Crippen LogP contribution in [-0.4, -0.2) is 14.8 Å². The summed E-state index contributed by atoms with van der Waals surface area (Å²) < 4.78 is 13.7. The van der Waals surface area contributed by atoms with E-state index in [1.165, 1.54) is 22.3 Å². The van der Waals surface area contributed by atoms with Gasteiger partial charge in [0.25, 0.3) is 0 Å². The second-order valence-electron chi connectivity index (χ2n) is 14.7. The number of hydrogen-bond donors (Lipinski definition) is 0. The van der Waals surface area contributed by atoms with Crippen molar-refractivity contribution in [2.24, 2.45) is 5.92 Å². The van der Waals surface area contributed by atoms with E-state index in [1.807, 2.05) is 0 Å². The molecule has 0 saturated carbocycles. The zero-order valence-electron chi connectivity index (χ0n) is 25.1. The standard InChI is InChI=1S/2C14H22O.C4H9.Al/c2*1-13(2,3)10-7-8-12(15)11(9-10)14(4,5)6;1-4(2)3;/h2*7-9,15H,1-6H3;4H,1H2,2-3H3;/q;;;+2/p-2. The van der Waals surface area contributed by atoms with Gasteiger partial charge < -0.3 is 7.58 Å². The smallest absolute Gasteiger partial charge is 0.612 e. The van der Waals surface area contributed by atoms with Crippen LogP contribution in [0.3, 0.4) is 0 Å². The highest BCUT2D eigenvalue weighted by Gasteiger charge is 2.37. The maximum atomic E-state index is 6.84. The van der Waals surface area contributed by atoms with Crippen molar-refractivity contribution in [2.75, 3.05) is 0 Å². The molecule has 0 fully saturated rings. The number of rotatable bonds is 6. The Morgan fingerprint density at radius 3 is 1.17 bits per heavy atom. The molecule has 0 aliphatic rings. The Labute approximate surface area is 221 Å². The zero-order valence-corrected chi connectivity index (χ0v) is 26.3. The lowest BCUT2D eigenvalue weighted by molar-refractivity contribution is 0.392. The predicted octanol–water partition coefficient (Wildman–Crippen LogP) is 9.48. The van der Waals surface area contributed by atoms with Crippen LogP contribution in [0.1, 0.15) is 119 Å². The second kappa shape index (κ2) is 10.5. The molecule has 2 aromatic carbocycles. The van der Waals surface area contributed by atoms with Crippen molar-refractivity contribution in [3.63, 3.8) is 0 Å². The Bertz CT molecular complexity index is 915. The van der Waals surface area contributed by atoms with Gasteiger partial charge in [-0.1, -0.05) is 127 Å². The Hall–Kier alpha value is -1.43. The summed E-state index contributed by atoms with van der Waals surface area (Å²) in [6.45, 7) is 31.7. The fourth-order valence-corrected chi connectivity index (χ4v) is 6.15. The predicted molar refractivity (Wildman–Crippen MR) is 154 cm³/mol. The largest absolute Gasteiger partial charge is 0.857 e. The topological polar surface area (TPSA) is 18.5 Å². The normalized spacial score (nSPS) is 13.2. The average Bonchev–Trinajstić information content (AvgIpc) is 2.64. The van der Waals surface area contributed by atoms with Gasteiger partial charge in [-0.25, -0.2) is 0 Å². The third-order valence-corrected chi connectivity index (χ3v) is 8.85. The highest BCUT2D eigenvalue weighted by molar-refractivity contribution is 6.46. The molecule has 2 aromatic rings. The maximum Gasteiger partial charge on any atom is 0.857 e. The van der Waals surface area contributed by atoms with Gasteiger partial charge >= 0.3 is 14.8 Å². The first-order valence-electron chi connectivity index (χ1n) is 13.3. The molecule has 0 aliphatic carbocycles. The molecule has 2 nitrogen and oxygen atoms in total. The molecule has 0 amide bonds. The van der Waals surface area contributed by atoms with Crippen molar-refractivity contribution in [1.29, 1.82) is 0 Å². The Morgan fingerprint density at radius 1 is 0.571 bits per heavy atom. The molecule has 2 rings (SSSR count). The molecule has 0 unspecified atom stereocenters. The van der Waals surface area contributed by atoms with Crippen molar-refractivity contribution < 1.29 is 7.58 Å². The van der Waals surface area contributed by atoms with Crippen LogP contribution >= 0.6 is 0 Å². The maximum absolute atomic E-state index is 6.84. The van der Waals surface area contributed by atoms with E-state index in [1.54, 1.807) is 0 Å². The molecule has 0 N–H and O–H groups in total. The Morgan fingerprint density at radius 2 is 0.914 bits per heavy atom. The minimum atomic E-state index is -2.06. The van der Waals surface area contributed by atoms with Crippen molar-refractivity contribution in [1.82, 2.24) is 0 Å². The molecule has 0 spiro atoms. The molecule has 0 heterocycles. The third-order valence-electron chi connectivity index (χ3n) is 6.49. The van der Waals surface area contributed by atoms with E-state index in [0.29, 0.717) is 5.92 Å². The van der Waals surface area contributed by atoms with Crippen molar-refractivity contribution in [2.45, 2.75) is 124 Å². The van der Waals surface area contributed by atoms with Crippen LogP contribution in [0, 0.1) is 5.92 Å². The van der Waals surface area contributed by atoms with Crippen molar-refractivity contribution >= 4 is 14.8 Å². The summed E-state index contributed by atoms with van der Waals surface area (Å²) in [7, 11) is 0. The lowest BCUT2D eigenvalue weighted by Gasteiger charge is -2.31. The lowest BCUT2D eigenvalue weighted by atomic mass is 9.80. The minimum absolute atomic E-state index is 0.0156. The summed E-state index contributed by atoms with van der Waals surface area (Å²) in [5.41, 5.74) is 5.36. The van der Waals surface area contributed by atoms with E-state index in [-0.39, 0.29) is 21.7 Å². The molecular formula is C32H51AlO2. The summed E-state index contributed by atoms with van der Waals surface area (Å²) in [5.74, 6) is 2.46. The fraction of sp³-hybridized carbons (Fsp3) is 0.625. The molecule has 0 radical (unpaired) electrons. The summed E-state index contributed by atoms with van der Waals surface area (Å²) in [6, 6.07) is 13.5. The SMILES string of the molecule is CC(C)[CH2][Al]([O]c1ccc(C(C)(C)C)cc1C(C)(C)C)[O]c1ccc(C(C)(C)C)cc1C(C)(C)C. The molecule has 3 heteroatoms. The quantitative estimate of drug-likeness (QED) is 0.372. The van der Waals surface area contributed by atoms with Gasteiger partial charge in [0.15, 0.2) is 0 Å². The fourth-order valence-electron chi connectivity index (χ4n) is 4.16. The molecule has 0 aliphatic heterocycles. The van der Waals surface area contributed by atoms with Gasteiger partial charge in [0.1, 0.15) is 0 Å². The van der Waals surface area contributed by atoms with Crippen LogP contribution in [0.2, 0.25) is 5.28 Å². The number of benzene rings is 2. The van der Waals surface area contributed by atoms with E-state index in [4.69, 9.17) is 7.58 Å². The van der Waals surface area contributed by atoms with Gasteiger partial charge in [0.2, 0.25) is 0 Å². The first kappa shape index (κ1) is 29.8. The molecule has 0 bridgehead atoms. The van der Waals surface area contributed by atoms with Gasteiger partial charge in [-0.2, -0.15) is 0 Å². The first-order valence-corrected chi connectivity index (χ1v) is 15.1. The molecule has 0 saturated heterocycles.